The number of nitrogens with one attached hydrogen (secondary N) is 1. The molecular formula is C16H22BrN3O. The minimum Gasteiger partial charge on any atom is -0.369 e. The number of rotatable bonds is 6. The van der Waals surface area contributed by atoms with Gasteiger partial charge in [0.15, 0.2) is 0 Å². The molecule has 1 heterocycles. The summed E-state index contributed by atoms with van der Waals surface area (Å²) in [4.78, 5) is 13.7. The number of primary amides is 1. The zero-order chi connectivity index (χ0) is 14.8. The summed E-state index contributed by atoms with van der Waals surface area (Å²) < 4.78 is 0.956. The first-order valence-electron chi connectivity index (χ1n) is 7.71. The van der Waals surface area contributed by atoms with Crippen molar-refractivity contribution in [3.8, 4) is 0 Å². The lowest BCUT2D eigenvalue weighted by molar-refractivity contribution is 0.100. The van der Waals surface area contributed by atoms with Crippen LogP contribution in [0.4, 0.5) is 5.69 Å². The maximum Gasteiger partial charge on any atom is 0.248 e. The molecule has 4 nitrogen and oxygen atoms in total. The summed E-state index contributed by atoms with van der Waals surface area (Å²) in [6.45, 7) is 3.27. The Morgan fingerprint density at radius 3 is 2.71 bits per heavy atom. The normalized spacial score (nSPS) is 21.5. The molecule has 5 heteroatoms. The summed E-state index contributed by atoms with van der Waals surface area (Å²) in [5.41, 5.74) is 7.07. The topological polar surface area (TPSA) is 58.4 Å². The smallest absolute Gasteiger partial charge is 0.248 e. The second-order valence-electron chi connectivity index (χ2n) is 6.17. The molecule has 0 bridgehead atoms. The van der Waals surface area contributed by atoms with Crippen LogP contribution >= 0.6 is 15.9 Å². The van der Waals surface area contributed by atoms with Crippen LogP contribution in [0.1, 0.15) is 36.0 Å². The quantitative estimate of drug-likeness (QED) is 0.827. The molecule has 3 N–H and O–H groups in total. The third kappa shape index (κ3) is 3.77. The number of benzene rings is 1. The first-order chi connectivity index (χ1) is 10.1. The molecule has 0 spiro atoms. The molecule has 21 heavy (non-hydrogen) atoms. The fourth-order valence-corrected chi connectivity index (χ4v) is 3.61. The van der Waals surface area contributed by atoms with Gasteiger partial charge in [0, 0.05) is 29.2 Å². The third-order valence-corrected chi connectivity index (χ3v) is 4.99. The molecular weight excluding hydrogens is 330 g/mol. The van der Waals surface area contributed by atoms with Crippen LogP contribution in [-0.2, 0) is 0 Å². The molecule has 1 atom stereocenters. The maximum absolute atomic E-state index is 11.3. The van der Waals surface area contributed by atoms with Gasteiger partial charge in [-0.3, -0.25) is 4.79 Å². The Kier molecular flexibility index (Phi) is 4.50. The Morgan fingerprint density at radius 1 is 1.33 bits per heavy atom. The Balaban J connectivity index is 1.78. The van der Waals surface area contributed by atoms with Crippen molar-refractivity contribution in [2.24, 2.45) is 11.7 Å². The van der Waals surface area contributed by atoms with Crippen LogP contribution in [0.3, 0.4) is 0 Å². The Bertz CT molecular complexity index is 524. The molecule has 3 rings (SSSR count). The highest BCUT2D eigenvalue weighted by atomic mass is 79.9. The average molecular weight is 352 g/mol. The molecule has 1 saturated heterocycles. The van der Waals surface area contributed by atoms with Crippen LogP contribution in [0.25, 0.3) is 0 Å². The highest BCUT2D eigenvalue weighted by Crippen LogP contribution is 2.34. The van der Waals surface area contributed by atoms with Gasteiger partial charge in [0.05, 0.1) is 5.69 Å². The molecule has 0 aromatic heterocycles. The van der Waals surface area contributed by atoms with E-state index in [1.807, 2.05) is 18.2 Å². The fraction of sp³-hybridized carbons (Fsp3) is 0.562. The van der Waals surface area contributed by atoms with Crippen molar-refractivity contribution in [2.75, 3.05) is 24.5 Å². The molecule has 1 aliphatic heterocycles. The number of nitrogens with two attached hydrogens (primary N) is 1. The predicted octanol–water partition coefficient (Wildman–Crippen LogP) is 2.52. The number of anilines is 1. The average Bonchev–Trinajstić information content (AvgIpc) is 3.11. The molecule has 1 unspecified atom stereocenters. The first-order valence-corrected chi connectivity index (χ1v) is 8.50. The molecule has 1 amide bonds. The number of halogens is 1. The summed E-state index contributed by atoms with van der Waals surface area (Å²) in [5.74, 6) is 0.447. The Labute approximate surface area is 134 Å². The number of amides is 1. The zero-order valence-electron chi connectivity index (χ0n) is 12.1. The van der Waals surface area contributed by atoms with Gasteiger partial charge in [-0.15, -0.1) is 0 Å². The second kappa shape index (κ2) is 6.36. The van der Waals surface area contributed by atoms with E-state index in [1.165, 1.54) is 31.4 Å². The lowest BCUT2D eigenvalue weighted by Crippen LogP contribution is -2.39. The number of nitrogens with zero attached hydrogens (tertiary/aromatic N) is 1. The standard InChI is InChI=1S/C16H22BrN3O/c17-14-8-12(16(18)21)5-6-15(14)20(9-11-3-4-11)10-13-2-1-7-19-13/h5-6,8,11,13,19H,1-4,7,9-10H2,(H2,18,21). The number of carbonyl (C=O) groups excluding carboxylic acids is 1. The van der Waals surface area contributed by atoms with E-state index in [9.17, 15) is 4.79 Å². The largest absolute Gasteiger partial charge is 0.369 e. The molecule has 114 valence electrons. The summed E-state index contributed by atoms with van der Waals surface area (Å²) in [5, 5.41) is 3.57. The summed E-state index contributed by atoms with van der Waals surface area (Å²) >= 11 is 3.61. The predicted molar refractivity (Wildman–Crippen MR) is 88.6 cm³/mol. The number of hydrogen-bond acceptors (Lipinski definition) is 3. The van der Waals surface area contributed by atoms with Gasteiger partial charge < -0.3 is 16.0 Å². The van der Waals surface area contributed by atoms with E-state index in [4.69, 9.17) is 5.73 Å². The van der Waals surface area contributed by atoms with Crippen LogP contribution in [-0.4, -0.2) is 31.6 Å². The lowest BCUT2D eigenvalue weighted by atomic mass is 10.1. The van der Waals surface area contributed by atoms with Gasteiger partial charge in [0.2, 0.25) is 5.91 Å². The van der Waals surface area contributed by atoms with E-state index in [2.05, 4.69) is 26.1 Å². The minimum absolute atomic E-state index is 0.381. The van der Waals surface area contributed by atoms with Crippen molar-refractivity contribution in [3.63, 3.8) is 0 Å². The van der Waals surface area contributed by atoms with Gasteiger partial charge in [-0.05, 0) is 72.3 Å². The second-order valence-corrected chi connectivity index (χ2v) is 7.03. The molecule has 1 saturated carbocycles. The van der Waals surface area contributed by atoms with Crippen LogP contribution < -0.4 is 16.0 Å². The van der Waals surface area contributed by atoms with Crippen LogP contribution in [0.2, 0.25) is 0 Å². The lowest BCUT2D eigenvalue weighted by Gasteiger charge is -2.29. The van der Waals surface area contributed by atoms with Crippen LogP contribution in [0.15, 0.2) is 22.7 Å². The molecule has 1 aromatic carbocycles. The van der Waals surface area contributed by atoms with Crippen LogP contribution in [0.5, 0.6) is 0 Å². The van der Waals surface area contributed by atoms with E-state index < -0.39 is 0 Å². The van der Waals surface area contributed by atoms with Crippen molar-refractivity contribution in [1.82, 2.24) is 5.32 Å². The number of hydrogen-bond donors (Lipinski definition) is 2. The van der Waals surface area contributed by atoms with Crippen molar-refractivity contribution in [3.05, 3.63) is 28.2 Å². The van der Waals surface area contributed by atoms with E-state index in [1.54, 1.807) is 0 Å². The van der Waals surface area contributed by atoms with Gasteiger partial charge in [-0.2, -0.15) is 0 Å². The van der Waals surface area contributed by atoms with Crippen molar-refractivity contribution >= 4 is 27.5 Å². The van der Waals surface area contributed by atoms with Crippen molar-refractivity contribution in [1.29, 1.82) is 0 Å². The van der Waals surface area contributed by atoms with Gasteiger partial charge in [0.25, 0.3) is 0 Å². The van der Waals surface area contributed by atoms with Gasteiger partial charge in [-0.25, -0.2) is 0 Å². The summed E-state index contributed by atoms with van der Waals surface area (Å²) in [6.07, 6.45) is 5.19. The molecule has 2 fully saturated rings. The highest BCUT2D eigenvalue weighted by Gasteiger charge is 2.27. The Morgan fingerprint density at radius 2 is 2.14 bits per heavy atom. The summed E-state index contributed by atoms with van der Waals surface area (Å²) in [7, 11) is 0. The van der Waals surface area contributed by atoms with E-state index in [0.29, 0.717) is 11.6 Å². The van der Waals surface area contributed by atoms with E-state index in [0.717, 1.165) is 30.0 Å². The van der Waals surface area contributed by atoms with Gasteiger partial charge in [-0.1, -0.05) is 0 Å². The SMILES string of the molecule is NC(=O)c1ccc(N(CC2CC2)CC2CCCN2)c(Br)c1. The minimum atomic E-state index is -0.381. The third-order valence-electron chi connectivity index (χ3n) is 4.35. The maximum atomic E-state index is 11.3. The van der Waals surface area contributed by atoms with Gasteiger partial charge in [0.1, 0.15) is 0 Å². The van der Waals surface area contributed by atoms with Gasteiger partial charge >= 0.3 is 0 Å². The highest BCUT2D eigenvalue weighted by molar-refractivity contribution is 9.10. The van der Waals surface area contributed by atoms with Crippen molar-refractivity contribution in [2.45, 2.75) is 31.7 Å². The zero-order valence-corrected chi connectivity index (χ0v) is 13.7. The van der Waals surface area contributed by atoms with E-state index in [-0.39, 0.29) is 5.91 Å². The first kappa shape index (κ1) is 14.9. The monoisotopic (exact) mass is 351 g/mol. The summed E-state index contributed by atoms with van der Waals surface area (Å²) in [6, 6.07) is 6.25. The van der Waals surface area contributed by atoms with E-state index >= 15 is 0 Å². The molecule has 1 aliphatic carbocycles. The number of carbonyl (C=O) groups is 1. The molecule has 2 aliphatic rings. The fourth-order valence-electron chi connectivity index (χ4n) is 2.98. The van der Waals surface area contributed by atoms with Crippen LogP contribution in [0, 0.1) is 5.92 Å². The van der Waals surface area contributed by atoms with Crippen molar-refractivity contribution < 1.29 is 4.79 Å². The molecule has 1 aromatic rings. The Hall–Kier alpha value is -1.07. The molecule has 0 radical (unpaired) electrons.